The predicted octanol–water partition coefficient (Wildman–Crippen LogP) is -0.449. The molecule has 0 saturated carbocycles. The molecule has 0 aromatic heterocycles. The maximum absolute atomic E-state index is 11.8. The molecule has 112 valence electrons. The zero-order chi connectivity index (χ0) is 14.5. The van der Waals surface area contributed by atoms with E-state index in [9.17, 15) is 4.79 Å². The van der Waals surface area contributed by atoms with Gasteiger partial charge in [0, 0.05) is 0 Å². The molecule has 0 radical (unpaired) electrons. The van der Waals surface area contributed by atoms with E-state index in [2.05, 4.69) is 0 Å². The first kappa shape index (κ1) is 17.7. The van der Waals surface area contributed by atoms with E-state index in [1.807, 2.05) is 6.92 Å². The largest absolute Gasteiger partial charge is 0.463 e. The molecule has 0 fully saturated rings. The molecule has 19 heavy (non-hydrogen) atoms. The molecule has 0 bridgehead atoms. The van der Waals surface area contributed by atoms with Gasteiger partial charge in [-0.3, -0.25) is 0 Å². The number of carbonyl (C=O) groups is 1. The molecule has 3 N–H and O–H groups in total. The highest BCUT2D eigenvalue weighted by atomic mass is 16.7. The van der Waals surface area contributed by atoms with Crippen molar-refractivity contribution in [1.82, 2.24) is 0 Å². The van der Waals surface area contributed by atoms with Gasteiger partial charge >= 0.3 is 5.97 Å². The summed E-state index contributed by atoms with van der Waals surface area (Å²) in [4.78, 5) is 11.8. The fourth-order valence-corrected chi connectivity index (χ4v) is 1.26. The normalized spacial score (nSPS) is 9.89. The van der Waals surface area contributed by atoms with Gasteiger partial charge in [-0.15, -0.1) is 0 Å². The van der Waals surface area contributed by atoms with E-state index in [0.717, 1.165) is 0 Å². The maximum atomic E-state index is 11.8. The summed E-state index contributed by atoms with van der Waals surface area (Å²) in [5.74, 6) is -0.685. The van der Waals surface area contributed by atoms with Crippen LogP contribution in [0.1, 0.15) is 19.8 Å². The lowest BCUT2D eigenvalue weighted by atomic mass is 10.1. The molecular weight excluding hydrogens is 256 g/mol. The highest BCUT2D eigenvalue weighted by Gasteiger charge is 2.19. The molecule has 7 nitrogen and oxygen atoms in total. The van der Waals surface area contributed by atoms with Crippen molar-refractivity contribution in [3.8, 4) is 0 Å². The van der Waals surface area contributed by atoms with Crippen LogP contribution in [0.2, 0.25) is 0 Å². The molecule has 0 unspecified atom stereocenters. The summed E-state index contributed by atoms with van der Waals surface area (Å²) in [7, 11) is 0. The van der Waals surface area contributed by atoms with Gasteiger partial charge in [0.25, 0.3) is 5.95 Å². The van der Waals surface area contributed by atoms with E-state index < -0.39 is 5.97 Å². The van der Waals surface area contributed by atoms with E-state index in [1.54, 1.807) is 0 Å². The Hall–Kier alpha value is -1.31. The average Bonchev–Trinajstić information content (AvgIpc) is 2.43. The van der Waals surface area contributed by atoms with Crippen LogP contribution in [0.5, 0.6) is 0 Å². The lowest BCUT2D eigenvalue weighted by Gasteiger charge is -2.15. The Kier molecular flexibility index (Phi) is 11.0. The second-order valence-corrected chi connectivity index (χ2v) is 3.52. The van der Waals surface area contributed by atoms with E-state index in [4.69, 9.17) is 29.5 Å². The third-order valence-electron chi connectivity index (χ3n) is 1.97. The molecule has 0 atom stereocenters. The highest BCUT2D eigenvalue weighted by molar-refractivity contribution is 5.88. The van der Waals surface area contributed by atoms with E-state index in [-0.39, 0.29) is 51.2 Å². The minimum Gasteiger partial charge on any atom is -0.463 e. The number of aliphatic hydroxyl groups excluding tert-OH is 3. The smallest absolute Gasteiger partial charge is 0.341 e. The van der Waals surface area contributed by atoms with Crippen LogP contribution in [0.4, 0.5) is 0 Å². The Morgan fingerprint density at radius 3 is 1.79 bits per heavy atom. The Morgan fingerprint density at radius 1 is 0.895 bits per heavy atom. The number of aliphatic hydroxyl groups is 3. The first-order valence-corrected chi connectivity index (χ1v) is 6.19. The fraction of sp³-hybridized carbons (Fsp3) is 0.750. The van der Waals surface area contributed by atoms with Crippen LogP contribution in [0.25, 0.3) is 0 Å². The van der Waals surface area contributed by atoms with Crippen LogP contribution in [0.3, 0.4) is 0 Å². The van der Waals surface area contributed by atoms with Gasteiger partial charge < -0.3 is 29.5 Å². The molecule has 0 amide bonds. The van der Waals surface area contributed by atoms with Crippen LogP contribution >= 0.6 is 0 Å². The van der Waals surface area contributed by atoms with Gasteiger partial charge in [-0.25, -0.2) is 4.79 Å². The average molecular weight is 278 g/mol. The molecule has 0 spiro atoms. The molecule has 0 aromatic rings. The van der Waals surface area contributed by atoms with Crippen molar-refractivity contribution in [2.45, 2.75) is 19.8 Å². The van der Waals surface area contributed by atoms with E-state index >= 15 is 0 Å². The molecule has 0 aliphatic carbocycles. The number of carbonyl (C=O) groups excluding carboxylic acids is 1. The van der Waals surface area contributed by atoms with Gasteiger partial charge in [-0.05, 0) is 6.42 Å². The summed E-state index contributed by atoms with van der Waals surface area (Å²) < 4.78 is 15.1. The maximum Gasteiger partial charge on any atom is 0.341 e. The van der Waals surface area contributed by atoms with Crippen molar-refractivity contribution >= 4 is 5.97 Å². The second-order valence-electron chi connectivity index (χ2n) is 3.52. The molecule has 0 aliphatic rings. The SMILES string of the molecule is CCCC(C(=O)OCCO)=C(OCCO)OCCO. The lowest BCUT2D eigenvalue weighted by molar-refractivity contribution is -0.141. The van der Waals surface area contributed by atoms with E-state index in [1.165, 1.54) is 0 Å². The number of hydrogen-bond acceptors (Lipinski definition) is 7. The number of esters is 1. The monoisotopic (exact) mass is 278 g/mol. The molecule has 0 heterocycles. The van der Waals surface area contributed by atoms with Gasteiger partial charge in [-0.1, -0.05) is 13.3 Å². The van der Waals surface area contributed by atoms with E-state index in [0.29, 0.717) is 12.8 Å². The minimum absolute atomic E-state index is 0.0265. The number of hydrogen-bond donors (Lipinski definition) is 3. The Balaban J connectivity index is 4.90. The van der Waals surface area contributed by atoms with Crippen LogP contribution < -0.4 is 0 Å². The van der Waals surface area contributed by atoms with Gasteiger partial charge in [0.1, 0.15) is 25.4 Å². The standard InChI is InChI=1S/C12H22O7/c1-2-3-10(11(16)17-7-4-13)12(18-8-5-14)19-9-6-15/h13-15H,2-9H2,1H3. The van der Waals surface area contributed by atoms with Gasteiger partial charge in [0.05, 0.1) is 19.8 Å². The second kappa shape index (κ2) is 11.8. The topological polar surface area (TPSA) is 105 Å². The Bertz CT molecular complexity index is 265. The van der Waals surface area contributed by atoms with Crippen molar-refractivity contribution in [2.75, 3.05) is 39.6 Å². The molecule has 0 aromatic carbocycles. The summed E-state index contributed by atoms with van der Waals surface area (Å²) in [6.07, 6.45) is 1.04. The quantitative estimate of drug-likeness (QED) is 0.267. The summed E-state index contributed by atoms with van der Waals surface area (Å²) in [6, 6.07) is 0. The van der Waals surface area contributed by atoms with Gasteiger partial charge in [0.2, 0.25) is 0 Å². The fourth-order valence-electron chi connectivity index (χ4n) is 1.26. The van der Waals surface area contributed by atoms with Crippen LogP contribution in [-0.2, 0) is 19.0 Å². The van der Waals surface area contributed by atoms with Crippen molar-refractivity contribution in [2.24, 2.45) is 0 Å². The van der Waals surface area contributed by atoms with Gasteiger partial charge in [-0.2, -0.15) is 0 Å². The Morgan fingerprint density at radius 2 is 1.37 bits per heavy atom. The summed E-state index contributed by atoms with van der Waals surface area (Å²) in [6.45, 7) is 0.987. The zero-order valence-electron chi connectivity index (χ0n) is 11.1. The highest BCUT2D eigenvalue weighted by Crippen LogP contribution is 2.16. The van der Waals surface area contributed by atoms with Crippen LogP contribution in [0.15, 0.2) is 11.5 Å². The Labute approximate surface area is 112 Å². The minimum atomic E-state index is -0.637. The number of rotatable bonds is 11. The van der Waals surface area contributed by atoms with Crippen molar-refractivity contribution in [1.29, 1.82) is 0 Å². The number of ether oxygens (including phenoxy) is 3. The summed E-state index contributed by atoms with van der Waals surface area (Å²) >= 11 is 0. The molecular formula is C12H22O7. The van der Waals surface area contributed by atoms with Crippen molar-refractivity contribution < 1.29 is 34.3 Å². The molecule has 0 rings (SSSR count). The molecule has 7 heteroatoms. The van der Waals surface area contributed by atoms with Crippen LogP contribution in [-0.4, -0.2) is 60.9 Å². The summed E-state index contributed by atoms with van der Waals surface area (Å²) in [5.41, 5.74) is 0.192. The first-order valence-electron chi connectivity index (χ1n) is 6.19. The third kappa shape index (κ3) is 7.66. The zero-order valence-corrected chi connectivity index (χ0v) is 11.1. The molecule has 0 aliphatic heterocycles. The molecule has 0 saturated heterocycles. The van der Waals surface area contributed by atoms with Crippen molar-refractivity contribution in [3.63, 3.8) is 0 Å². The predicted molar refractivity (Wildman–Crippen MR) is 66.1 cm³/mol. The van der Waals surface area contributed by atoms with Crippen LogP contribution in [0, 0.1) is 0 Å². The first-order chi connectivity index (χ1) is 9.21. The summed E-state index contributed by atoms with van der Waals surface area (Å²) in [5, 5.41) is 26.1. The van der Waals surface area contributed by atoms with Crippen molar-refractivity contribution in [3.05, 3.63) is 11.5 Å². The third-order valence-corrected chi connectivity index (χ3v) is 1.97. The van der Waals surface area contributed by atoms with Gasteiger partial charge in [0.15, 0.2) is 0 Å². The lowest BCUT2D eigenvalue weighted by Crippen LogP contribution is -2.17.